The van der Waals surface area contributed by atoms with Gasteiger partial charge in [-0.25, -0.2) is 4.79 Å². The largest absolute Gasteiger partial charge is 0.497 e. The number of amides is 2. The van der Waals surface area contributed by atoms with Crippen molar-refractivity contribution in [3.63, 3.8) is 0 Å². The van der Waals surface area contributed by atoms with Crippen molar-refractivity contribution in [1.29, 1.82) is 0 Å². The van der Waals surface area contributed by atoms with Gasteiger partial charge >= 0.3 is 6.03 Å². The van der Waals surface area contributed by atoms with E-state index in [0.29, 0.717) is 17.7 Å². The number of nitrogens with one attached hydrogen (secondary N) is 2. The second-order valence-electron chi connectivity index (χ2n) is 5.97. The lowest BCUT2D eigenvalue weighted by molar-refractivity contribution is 0.0993. The van der Waals surface area contributed by atoms with E-state index in [4.69, 9.17) is 4.74 Å². The number of para-hydroxylation sites is 1. The van der Waals surface area contributed by atoms with Gasteiger partial charge in [0.1, 0.15) is 5.75 Å². The molecule has 0 spiro atoms. The van der Waals surface area contributed by atoms with Crippen molar-refractivity contribution < 1.29 is 14.3 Å². The lowest BCUT2D eigenvalue weighted by Gasteiger charge is -2.08. The molecule has 0 heterocycles. The summed E-state index contributed by atoms with van der Waals surface area (Å²) in [5.74, 6) is 0.746. The third-order valence-electron chi connectivity index (χ3n) is 4.02. The van der Waals surface area contributed by atoms with Crippen LogP contribution < -0.4 is 15.4 Å². The molecule has 0 radical (unpaired) electrons. The highest BCUT2D eigenvalue weighted by molar-refractivity contribution is 6.00. The lowest BCUT2D eigenvalue weighted by Crippen LogP contribution is -2.19. The maximum absolute atomic E-state index is 12.4. The van der Waals surface area contributed by atoms with E-state index >= 15 is 0 Å². The molecule has 0 aliphatic heterocycles. The first-order chi connectivity index (χ1) is 13.1. The fourth-order valence-corrected chi connectivity index (χ4v) is 2.59. The van der Waals surface area contributed by atoms with Crippen molar-refractivity contribution >= 4 is 23.2 Å². The molecule has 3 rings (SSSR count). The van der Waals surface area contributed by atoms with Gasteiger partial charge in [0, 0.05) is 23.4 Å². The second kappa shape index (κ2) is 8.67. The Morgan fingerprint density at radius 2 is 1.37 bits per heavy atom. The summed E-state index contributed by atoms with van der Waals surface area (Å²) in [7, 11) is 1.59. The Kier molecular flexibility index (Phi) is 5.84. The molecule has 0 unspecified atom stereocenters. The minimum absolute atomic E-state index is 0.0279. The molecule has 0 saturated heterocycles. The average Bonchev–Trinajstić information content (AvgIpc) is 2.70. The van der Waals surface area contributed by atoms with Crippen LogP contribution in [-0.4, -0.2) is 18.9 Å². The number of benzene rings is 3. The molecule has 0 aromatic heterocycles. The predicted octanol–water partition coefficient (Wildman–Crippen LogP) is 4.76. The molecule has 0 aliphatic rings. The van der Waals surface area contributed by atoms with Crippen LogP contribution in [0.25, 0.3) is 0 Å². The Morgan fingerprint density at radius 1 is 0.778 bits per heavy atom. The Morgan fingerprint density at radius 3 is 1.96 bits per heavy atom. The van der Waals surface area contributed by atoms with Crippen LogP contribution in [0.5, 0.6) is 5.75 Å². The Bertz CT molecular complexity index is 905. The molecule has 27 heavy (non-hydrogen) atoms. The van der Waals surface area contributed by atoms with Crippen molar-refractivity contribution in [3.05, 3.63) is 90.0 Å². The topological polar surface area (TPSA) is 67.4 Å². The smallest absolute Gasteiger partial charge is 0.323 e. The van der Waals surface area contributed by atoms with E-state index in [1.54, 1.807) is 43.5 Å². The van der Waals surface area contributed by atoms with E-state index in [1.807, 2.05) is 42.5 Å². The molecule has 2 amide bonds. The summed E-state index contributed by atoms with van der Waals surface area (Å²) in [5, 5.41) is 5.52. The standard InChI is InChI=1S/C22H20N2O3/c1-27-20-13-9-17(10-14-20)21(25)15-16-7-11-19(12-8-16)24-22(26)23-18-5-3-2-4-6-18/h2-14H,15H2,1H3,(H2,23,24,26). The van der Waals surface area contributed by atoms with Crippen LogP contribution >= 0.6 is 0 Å². The number of hydrogen-bond acceptors (Lipinski definition) is 3. The first-order valence-electron chi connectivity index (χ1n) is 8.53. The quantitative estimate of drug-likeness (QED) is 0.623. The zero-order valence-electron chi connectivity index (χ0n) is 14.9. The summed E-state index contributed by atoms with van der Waals surface area (Å²) < 4.78 is 5.10. The lowest BCUT2D eigenvalue weighted by atomic mass is 10.0. The van der Waals surface area contributed by atoms with Crippen molar-refractivity contribution in [3.8, 4) is 5.75 Å². The number of ether oxygens (including phenoxy) is 1. The molecule has 3 aromatic carbocycles. The van der Waals surface area contributed by atoms with E-state index in [9.17, 15) is 9.59 Å². The Labute approximate surface area is 158 Å². The second-order valence-corrected chi connectivity index (χ2v) is 5.97. The number of methoxy groups -OCH3 is 1. The molecule has 0 aliphatic carbocycles. The number of ketones is 1. The number of rotatable bonds is 6. The summed E-state index contributed by atoms with van der Waals surface area (Å²) in [6.07, 6.45) is 0.294. The van der Waals surface area contributed by atoms with E-state index in [2.05, 4.69) is 10.6 Å². The fourth-order valence-electron chi connectivity index (χ4n) is 2.59. The average molecular weight is 360 g/mol. The van der Waals surface area contributed by atoms with Gasteiger partial charge in [0.25, 0.3) is 0 Å². The van der Waals surface area contributed by atoms with Gasteiger partial charge in [0.15, 0.2) is 5.78 Å². The molecule has 5 nitrogen and oxygen atoms in total. The molecule has 0 saturated carbocycles. The van der Waals surface area contributed by atoms with Gasteiger partial charge in [-0.3, -0.25) is 4.79 Å². The summed E-state index contributed by atoms with van der Waals surface area (Å²) >= 11 is 0. The SMILES string of the molecule is COc1ccc(C(=O)Cc2ccc(NC(=O)Nc3ccccc3)cc2)cc1. The highest BCUT2D eigenvalue weighted by atomic mass is 16.5. The van der Waals surface area contributed by atoms with Crippen LogP contribution in [0.3, 0.4) is 0 Å². The molecule has 0 atom stereocenters. The molecule has 0 bridgehead atoms. The maximum Gasteiger partial charge on any atom is 0.323 e. The molecule has 136 valence electrons. The normalized spacial score (nSPS) is 10.1. The van der Waals surface area contributed by atoms with Gasteiger partial charge in [-0.1, -0.05) is 30.3 Å². The number of anilines is 2. The summed E-state index contributed by atoms with van der Waals surface area (Å²) in [5.41, 5.74) is 2.89. The van der Waals surface area contributed by atoms with Crippen LogP contribution in [0.4, 0.5) is 16.2 Å². The number of urea groups is 1. The van der Waals surface area contributed by atoms with E-state index in [1.165, 1.54) is 0 Å². The molecule has 3 aromatic rings. The van der Waals surface area contributed by atoms with Crippen LogP contribution in [-0.2, 0) is 6.42 Å². The molecule has 2 N–H and O–H groups in total. The molecular formula is C22H20N2O3. The highest BCUT2D eigenvalue weighted by Crippen LogP contribution is 2.16. The van der Waals surface area contributed by atoms with E-state index in [-0.39, 0.29) is 11.8 Å². The van der Waals surface area contributed by atoms with Crippen molar-refractivity contribution in [1.82, 2.24) is 0 Å². The molecule has 5 heteroatoms. The van der Waals surface area contributed by atoms with E-state index < -0.39 is 0 Å². The van der Waals surface area contributed by atoms with Crippen LogP contribution in [0, 0.1) is 0 Å². The maximum atomic E-state index is 12.4. The van der Waals surface area contributed by atoms with E-state index in [0.717, 1.165) is 17.0 Å². The predicted molar refractivity (Wildman–Crippen MR) is 107 cm³/mol. The van der Waals surface area contributed by atoms with Crippen LogP contribution in [0.15, 0.2) is 78.9 Å². The number of carbonyl (C=O) groups excluding carboxylic acids is 2. The molecular weight excluding hydrogens is 340 g/mol. The summed E-state index contributed by atoms with van der Waals surface area (Å²) in [4.78, 5) is 24.4. The third kappa shape index (κ3) is 5.19. The van der Waals surface area contributed by atoms with Crippen molar-refractivity contribution in [2.75, 3.05) is 17.7 Å². The summed E-state index contributed by atoms with van der Waals surface area (Å²) in [6, 6.07) is 23.2. The van der Waals surface area contributed by atoms with Crippen molar-refractivity contribution in [2.24, 2.45) is 0 Å². The van der Waals surface area contributed by atoms with Crippen LogP contribution in [0.2, 0.25) is 0 Å². The van der Waals surface area contributed by atoms with Gasteiger partial charge in [-0.05, 0) is 54.1 Å². The van der Waals surface area contributed by atoms with Crippen LogP contribution in [0.1, 0.15) is 15.9 Å². The monoisotopic (exact) mass is 360 g/mol. The number of Topliss-reactive ketones (excluding diaryl/α,β-unsaturated/α-hetero) is 1. The van der Waals surface area contributed by atoms with Gasteiger partial charge in [0.05, 0.1) is 7.11 Å². The third-order valence-corrected chi connectivity index (χ3v) is 4.02. The Hall–Kier alpha value is -3.60. The number of carbonyl (C=O) groups is 2. The van der Waals surface area contributed by atoms with Crippen molar-refractivity contribution in [2.45, 2.75) is 6.42 Å². The van der Waals surface area contributed by atoms with Gasteiger partial charge in [-0.2, -0.15) is 0 Å². The fraction of sp³-hybridized carbons (Fsp3) is 0.0909. The van der Waals surface area contributed by atoms with Gasteiger partial charge in [0.2, 0.25) is 0 Å². The minimum atomic E-state index is -0.316. The first-order valence-corrected chi connectivity index (χ1v) is 8.53. The van der Waals surface area contributed by atoms with Gasteiger partial charge < -0.3 is 15.4 Å². The number of hydrogen-bond donors (Lipinski definition) is 2. The van der Waals surface area contributed by atoms with Gasteiger partial charge in [-0.15, -0.1) is 0 Å². The summed E-state index contributed by atoms with van der Waals surface area (Å²) in [6.45, 7) is 0. The zero-order chi connectivity index (χ0) is 19.1. The highest BCUT2D eigenvalue weighted by Gasteiger charge is 2.08. The first kappa shape index (κ1) is 18.2. The molecule has 0 fully saturated rings. The zero-order valence-corrected chi connectivity index (χ0v) is 14.9. The Balaban J connectivity index is 1.56. The minimum Gasteiger partial charge on any atom is -0.497 e.